The van der Waals surface area contributed by atoms with Crippen molar-refractivity contribution in [2.45, 2.75) is 38.4 Å². The minimum absolute atomic E-state index is 0.0296. The van der Waals surface area contributed by atoms with Crippen LogP contribution in [0.1, 0.15) is 39.4 Å². The van der Waals surface area contributed by atoms with Crippen molar-refractivity contribution in [2.75, 3.05) is 14.1 Å². The molecule has 0 N–H and O–H groups in total. The van der Waals surface area contributed by atoms with Crippen molar-refractivity contribution in [3.63, 3.8) is 0 Å². The molecule has 35 heavy (non-hydrogen) atoms. The van der Waals surface area contributed by atoms with Crippen molar-refractivity contribution < 1.29 is 9.32 Å². The maximum Gasteiger partial charge on any atom is 0.274 e. The first-order chi connectivity index (χ1) is 17.0. The summed E-state index contributed by atoms with van der Waals surface area (Å²) in [6, 6.07) is 22.4. The number of fused-ring (bicyclic) bond motifs is 1. The van der Waals surface area contributed by atoms with E-state index in [-0.39, 0.29) is 5.91 Å². The molecule has 1 unspecified atom stereocenters. The zero-order chi connectivity index (χ0) is 24.4. The summed E-state index contributed by atoms with van der Waals surface area (Å²) >= 11 is 0. The Labute approximate surface area is 206 Å². The van der Waals surface area contributed by atoms with Crippen LogP contribution in [0.25, 0.3) is 11.3 Å². The van der Waals surface area contributed by atoms with Crippen LogP contribution in [0.4, 0.5) is 0 Å². The van der Waals surface area contributed by atoms with Crippen molar-refractivity contribution in [1.29, 1.82) is 0 Å². The summed E-state index contributed by atoms with van der Waals surface area (Å²) in [6.45, 7) is 1.25. The SMILES string of the molecule is CN(Cc1ccccc1)C(=O)c1nn(C)c2c1CC(N(C)Cc1cc(-c3ccccc3)on1)CC2. The molecule has 2 heterocycles. The number of benzene rings is 2. The van der Waals surface area contributed by atoms with Crippen LogP contribution in [0.5, 0.6) is 0 Å². The number of rotatable bonds is 7. The smallest absolute Gasteiger partial charge is 0.274 e. The number of likely N-dealkylation sites (N-methyl/N-ethyl adjacent to an activating group) is 1. The predicted molar refractivity (Wildman–Crippen MR) is 135 cm³/mol. The number of hydrogen-bond acceptors (Lipinski definition) is 5. The lowest BCUT2D eigenvalue weighted by Gasteiger charge is -2.31. The summed E-state index contributed by atoms with van der Waals surface area (Å²) < 4.78 is 7.47. The summed E-state index contributed by atoms with van der Waals surface area (Å²) in [5, 5.41) is 8.94. The molecule has 1 atom stereocenters. The van der Waals surface area contributed by atoms with Crippen LogP contribution in [0.2, 0.25) is 0 Å². The summed E-state index contributed by atoms with van der Waals surface area (Å²) in [7, 11) is 5.90. The first-order valence-electron chi connectivity index (χ1n) is 12.0. The van der Waals surface area contributed by atoms with Crippen molar-refractivity contribution in [3.8, 4) is 11.3 Å². The average molecular weight is 470 g/mol. The summed E-state index contributed by atoms with van der Waals surface area (Å²) in [5.41, 5.74) is 5.85. The fourth-order valence-corrected chi connectivity index (χ4v) is 4.94. The zero-order valence-electron chi connectivity index (χ0n) is 20.5. The standard InChI is InChI=1S/C28H31N5O2/c1-31(19-22-16-26(35-30-22)21-12-8-5-9-13-21)23-14-15-25-24(17-23)27(29-33(25)3)28(34)32(2)18-20-10-6-4-7-11-20/h4-13,16,23H,14-15,17-19H2,1-3H3. The lowest BCUT2D eigenvalue weighted by atomic mass is 9.90. The Morgan fingerprint density at radius 3 is 2.51 bits per heavy atom. The monoisotopic (exact) mass is 469 g/mol. The van der Waals surface area contributed by atoms with Gasteiger partial charge in [-0.15, -0.1) is 0 Å². The van der Waals surface area contributed by atoms with Gasteiger partial charge >= 0.3 is 0 Å². The molecule has 4 aromatic rings. The van der Waals surface area contributed by atoms with Crippen molar-refractivity contribution in [3.05, 3.63) is 94.9 Å². The van der Waals surface area contributed by atoms with Crippen molar-refractivity contribution in [2.24, 2.45) is 7.05 Å². The van der Waals surface area contributed by atoms with E-state index >= 15 is 0 Å². The molecule has 0 aliphatic heterocycles. The highest BCUT2D eigenvalue weighted by atomic mass is 16.5. The largest absolute Gasteiger partial charge is 0.356 e. The number of aryl methyl sites for hydroxylation is 1. The van der Waals surface area contributed by atoms with Crippen LogP contribution in [-0.2, 0) is 33.0 Å². The molecule has 180 valence electrons. The van der Waals surface area contributed by atoms with E-state index in [9.17, 15) is 4.79 Å². The topological polar surface area (TPSA) is 67.4 Å². The second-order valence-electron chi connectivity index (χ2n) is 9.40. The first kappa shape index (κ1) is 23.1. The number of aromatic nitrogens is 3. The van der Waals surface area contributed by atoms with E-state index in [2.05, 4.69) is 22.2 Å². The molecule has 7 heteroatoms. The van der Waals surface area contributed by atoms with Gasteiger partial charge in [0.1, 0.15) is 0 Å². The van der Waals surface area contributed by atoms with E-state index in [0.29, 0.717) is 24.8 Å². The maximum absolute atomic E-state index is 13.4. The van der Waals surface area contributed by atoms with Gasteiger partial charge in [0.25, 0.3) is 5.91 Å². The van der Waals surface area contributed by atoms with Gasteiger partial charge in [0.05, 0.1) is 5.69 Å². The molecule has 0 saturated heterocycles. The summed E-state index contributed by atoms with van der Waals surface area (Å²) in [6.07, 6.45) is 2.71. The Morgan fingerprint density at radius 1 is 1.06 bits per heavy atom. The summed E-state index contributed by atoms with van der Waals surface area (Å²) in [4.78, 5) is 17.4. The Bertz CT molecular complexity index is 1300. The Hall–Kier alpha value is -3.71. The normalized spacial score (nSPS) is 15.3. The van der Waals surface area contributed by atoms with Gasteiger partial charge in [-0.3, -0.25) is 14.4 Å². The molecule has 0 fully saturated rings. The maximum atomic E-state index is 13.4. The zero-order valence-corrected chi connectivity index (χ0v) is 20.5. The third kappa shape index (κ3) is 4.91. The van der Waals surface area contributed by atoms with Crippen LogP contribution >= 0.6 is 0 Å². The molecule has 0 radical (unpaired) electrons. The molecule has 5 rings (SSSR count). The van der Waals surface area contributed by atoms with Crippen molar-refractivity contribution in [1.82, 2.24) is 24.7 Å². The fourth-order valence-electron chi connectivity index (χ4n) is 4.94. The van der Waals surface area contributed by atoms with E-state index in [1.54, 1.807) is 4.90 Å². The lowest BCUT2D eigenvalue weighted by Crippen LogP contribution is -2.37. The van der Waals surface area contributed by atoms with Crippen LogP contribution in [0, 0.1) is 0 Å². The molecule has 0 spiro atoms. The third-order valence-corrected chi connectivity index (χ3v) is 6.89. The number of hydrogen-bond donors (Lipinski definition) is 0. The number of nitrogens with zero attached hydrogens (tertiary/aromatic N) is 5. The summed E-state index contributed by atoms with van der Waals surface area (Å²) in [5.74, 6) is 0.750. The van der Waals surface area contributed by atoms with Gasteiger partial charge in [0.2, 0.25) is 0 Å². The molecule has 0 saturated carbocycles. The third-order valence-electron chi connectivity index (χ3n) is 6.89. The van der Waals surface area contributed by atoms with E-state index in [1.807, 2.05) is 85.5 Å². The molecular formula is C28H31N5O2. The minimum Gasteiger partial charge on any atom is -0.356 e. The lowest BCUT2D eigenvalue weighted by molar-refractivity contribution is 0.0776. The minimum atomic E-state index is -0.0296. The van der Waals surface area contributed by atoms with Gasteiger partial charge in [-0.25, -0.2) is 0 Å². The molecule has 1 aliphatic carbocycles. The van der Waals surface area contributed by atoms with Crippen LogP contribution in [0.3, 0.4) is 0 Å². The predicted octanol–water partition coefficient (Wildman–Crippen LogP) is 4.34. The van der Waals surface area contributed by atoms with E-state index in [4.69, 9.17) is 4.52 Å². The molecule has 7 nitrogen and oxygen atoms in total. The molecule has 2 aromatic heterocycles. The average Bonchev–Trinajstić information content (AvgIpc) is 3.49. The van der Waals surface area contributed by atoms with Crippen LogP contribution in [-0.4, -0.2) is 50.8 Å². The number of carbonyl (C=O) groups excluding carboxylic acids is 1. The quantitative estimate of drug-likeness (QED) is 0.403. The second kappa shape index (κ2) is 9.88. The highest BCUT2D eigenvalue weighted by molar-refractivity contribution is 5.94. The van der Waals surface area contributed by atoms with E-state index in [0.717, 1.165) is 47.4 Å². The Morgan fingerprint density at radius 2 is 1.77 bits per heavy atom. The van der Waals surface area contributed by atoms with Gasteiger partial charge in [-0.2, -0.15) is 5.10 Å². The molecule has 1 amide bonds. The fraction of sp³-hybridized carbons (Fsp3) is 0.321. The Kier molecular flexibility index (Phi) is 6.51. The van der Waals surface area contributed by atoms with Gasteiger partial charge in [-0.05, 0) is 31.9 Å². The van der Waals surface area contributed by atoms with Gasteiger partial charge in [0, 0.05) is 56.1 Å². The molecule has 1 aliphatic rings. The molecule has 2 aromatic carbocycles. The van der Waals surface area contributed by atoms with E-state index in [1.165, 1.54) is 5.69 Å². The number of amides is 1. The van der Waals surface area contributed by atoms with Gasteiger partial charge in [0.15, 0.2) is 11.5 Å². The van der Waals surface area contributed by atoms with Crippen LogP contribution < -0.4 is 0 Å². The molecular weight excluding hydrogens is 438 g/mol. The van der Waals surface area contributed by atoms with E-state index < -0.39 is 0 Å². The number of carbonyl (C=O) groups is 1. The first-order valence-corrected chi connectivity index (χ1v) is 12.0. The van der Waals surface area contributed by atoms with Crippen LogP contribution in [0.15, 0.2) is 71.3 Å². The highest BCUT2D eigenvalue weighted by Crippen LogP contribution is 2.29. The highest BCUT2D eigenvalue weighted by Gasteiger charge is 2.31. The Balaban J connectivity index is 1.28. The van der Waals surface area contributed by atoms with Gasteiger partial charge in [-0.1, -0.05) is 65.8 Å². The van der Waals surface area contributed by atoms with Crippen molar-refractivity contribution >= 4 is 5.91 Å². The molecule has 0 bridgehead atoms. The second-order valence-corrected chi connectivity index (χ2v) is 9.40. The van der Waals surface area contributed by atoms with Gasteiger partial charge < -0.3 is 9.42 Å².